The molecule has 10 rings (SSSR count). The van der Waals surface area contributed by atoms with Gasteiger partial charge in [0.1, 0.15) is 0 Å². The Balaban J connectivity index is 1.23. The van der Waals surface area contributed by atoms with E-state index in [0.717, 1.165) is 0 Å². The maximum absolute atomic E-state index is 2.41. The zero-order chi connectivity index (χ0) is 30.2. The first-order valence-electron chi connectivity index (χ1n) is 16.0. The van der Waals surface area contributed by atoms with Gasteiger partial charge in [-0.2, -0.15) is 0 Å². The molecule has 0 atom stereocenters. The lowest BCUT2D eigenvalue weighted by molar-refractivity contribution is 1.66. The second-order valence-electron chi connectivity index (χ2n) is 12.5. The Labute approximate surface area is 266 Å². The van der Waals surface area contributed by atoms with E-state index >= 15 is 0 Å². The molecule has 10 aromatic rings. The fourth-order valence-corrected chi connectivity index (χ4v) is 7.87. The number of hydrogen-bond acceptors (Lipinski definition) is 0. The van der Waals surface area contributed by atoms with Gasteiger partial charge in [-0.3, -0.25) is 0 Å². The highest BCUT2D eigenvalue weighted by Crippen LogP contribution is 2.44. The summed E-state index contributed by atoms with van der Waals surface area (Å²) in [5.41, 5.74) is 4.99. The first-order chi connectivity index (χ1) is 22.8. The van der Waals surface area contributed by atoms with Gasteiger partial charge in [-0.1, -0.05) is 152 Å². The molecule has 0 bridgehead atoms. The summed E-state index contributed by atoms with van der Waals surface area (Å²) >= 11 is 0. The van der Waals surface area contributed by atoms with E-state index in [1.807, 2.05) is 0 Å². The quantitative estimate of drug-likeness (QED) is 0.178. The molecule has 0 aromatic heterocycles. The molecule has 0 aliphatic carbocycles. The first kappa shape index (κ1) is 25.4. The number of benzene rings is 10. The number of hydrogen-bond donors (Lipinski definition) is 0. The average molecular weight is 581 g/mol. The molecular formula is C46H28. The maximum atomic E-state index is 2.41. The number of rotatable bonds is 2. The standard InChI is InChI=1S/C46H28/c1-2-12-35-30(10-1)11-9-19-36(35)33-23-21-29-20-22-31(26-34(29)27-33)32-24-25-43-44(28-32)39-15-5-8-18-42(39)45-40-16-6-3-13-37(40)38-14-4-7-17-41(38)46(43)45/h1-28H. The molecule has 0 unspecified atom stereocenters. The Morgan fingerprint density at radius 1 is 0.217 bits per heavy atom. The molecule has 0 fully saturated rings. The van der Waals surface area contributed by atoms with Crippen LogP contribution in [0.1, 0.15) is 0 Å². The highest BCUT2D eigenvalue weighted by atomic mass is 14.2. The van der Waals surface area contributed by atoms with Crippen molar-refractivity contribution in [2.24, 2.45) is 0 Å². The summed E-state index contributed by atoms with van der Waals surface area (Å²) in [5, 5.41) is 18.2. The molecule has 0 heterocycles. The van der Waals surface area contributed by atoms with Crippen LogP contribution >= 0.6 is 0 Å². The van der Waals surface area contributed by atoms with Gasteiger partial charge in [0.15, 0.2) is 0 Å². The minimum atomic E-state index is 1.23. The van der Waals surface area contributed by atoms with E-state index in [0.29, 0.717) is 0 Å². The van der Waals surface area contributed by atoms with Crippen molar-refractivity contribution in [1.82, 2.24) is 0 Å². The molecule has 0 spiro atoms. The van der Waals surface area contributed by atoms with Gasteiger partial charge in [-0.25, -0.2) is 0 Å². The molecule has 10 aromatic carbocycles. The molecule has 0 amide bonds. The van der Waals surface area contributed by atoms with Crippen LogP contribution in [0.2, 0.25) is 0 Å². The summed E-state index contributed by atoms with van der Waals surface area (Å²) in [7, 11) is 0. The zero-order valence-corrected chi connectivity index (χ0v) is 25.2. The van der Waals surface area contributed by atoms with E-state index in [2.05, 4.69) is 170 Å². The van der Waals surface area contributed by atoms with E-state index in [9.17, 15) is 0 Å². The highest BCUT2D eigenvalue weighted by Gasteiger charge is 2.16. The monoisotopic (exact) mass is 580 g/mol. The van der Waals surface area contributed by atoms with Crippen molar-refractivity contribution >= 4 is 75.4 Å². The molecule has 0 heteroatoms. The van der Waals surface area contributed by atoms with Gasteiger partial charge in [0.25, 0.3) is 0 Å². The third-order valence-electron chi connectivity index (χ3n) is 9.98. The van der Waals surface area contributed by atoms with Crippen LogP contribution in [0.5, 0.6) is 0 Å². The minimum absolute atomic E-state index is 1.23. The van der Waals surface area contributed by atoms with Crippen molar-refractivity contribution in [3.63, 3.8) is 0 Å². The molecule has 0 aliphatic heterocycles. The van der Waals surface area contributed by atoms with Crippen LogP contribution in [-0.4, -0.2) is 0 Å². The first-order valence-corrected chi connectivity index (χ1v) is 16.0. The van der Waals surface area contributed by atoms with Crippen LogP contribution in [0, 0.1) is 0 Å². The highest BCUT2D eigenvalue weighted by molar-refractivity contribution is 6.39. The van der Waals surface area contributed by atoms with E-state index in [-0.39, 0.29) is 0 Å². The van der Waals surface area contributed by atoms with E-state index < -0.39 is 0 Å². The molecule has 212 valence electrons. The lowest BCUT2D eigenvalue weighted by Crippen LogP contribution is -1.89. The van der Waals surface area contributed by atoms with Gasteiger partial charge in [0, 0.05) is 0 Å². The summed E-state index contributed by atoms with van der Waals surface area (Å²) in [5.74, 6) is 0. The molecule has 0 saturated carbocycles. The van der Waals surface area contributed by atoms with Gasteiger partial charge in [-0.15, -0.1) is 0 Å². The van der Waals surface area contributed by atoms with Crippen molar-refractivity contribution in [3.8, 4) is 22.3 Å². The lowest BCUT2D eigenvalue weighted by Gasteiger charge is -2.17. The van der Waals surface area contributed by atoms with Gasteiger partial charge in [0.2, 0.25) is 0 Å². The van der Waals surface area contributed by atoms with Crippen LogP contribution in [0.3, 0.4) is 0 Å². The summed E-state index contributed by atoms with van der Waals surface area (Å²) in [6, 6.07) is 62.8. The van der Waals surface area contributed by atoms with Crippen LogP contribution in [0.15, 0.2) is 170 Å². The van der Waals surface area contributed by atoms with E-state index in [1.165, 1.54) is 97.7 Å². The Morgan fingerprint density at radius 3 is 1.35 bits per heavy atom. The summed E-state index contributed by atoms with van der Waals surface area (Å²) in [4.78, 5) is 0. The van der Waals surface area contributed by atoms with Crippen molar-refractivity contribution in [3.05, 3.63) is 170 Å². The molecule has 0 N–H and O–H groups in total. The van der Waals surface area contributed by atoms with Crippen molar-refractivity contribution < 1.29 is 0 Å². The molecular weight excluding hydrogens is 553 g/mol. The van der Waals surface area contributed by atoms with Gasteiger partial charge < -0.3 is 0 Å². The second kappa shape index (κ2) is 9.76. The summed E-state index contributed by atoms with van der Waals surface area (Å²) in [6.45, 7) is 0. The molecule has 0 nitrogen and oxygen atoms in total. The Hall–Kier alpha value is -5.98. The van der Waals surface area contributed by atoms with Crippen LogP contribution in [0.4, 0.5) is 0 Å². The van der Waals surface area contributed by atoms with Gasteiger partial charge >= 0.3 is 0 Å². The predicted octanol–water partition coefficient (Wildman–Crippen LogP) is 13.1. The Morgan fingerprint density at radius 2 is 0.674 bits per heavy atom. The zero-order valence-electron chi connectivity index (χ0n) is 25.2. The Bertz CT molecular complexity index is 2850. The van der Waals surface area contributed by atoms with Gasteiger partial charge in [0.05, 0.1) is 0 Å². The summed E-state index contributed by atoms with van der Waals surface area (Å²) in [6.07, 6.45) is 0. The Kier molecular flexibility index (Phi) is 5.38. The van der Waals surface area contributed by atoms with Crippen LogP contribution in [-0.2, 0) is 0 Å². The maximum Gasteiger partial charge on any atom is -0.00139 e. The minimum Gasteiger partial charge on any atom is -0.0616 e. The van der Waals surface area contributed by atoms with Crippen molar-refractivity contribution in [2.45, 2.75) is 0 Å². The molecule has 0 aliphatic rings. The van der Waals surface area contributed by atoms with Crippen LogP contribution in [0.25, 0.3) is 97.7 Å². The third-order valence-corrected chi connectivity index (χ3v) is 9.98. The normalized spacial score (nSPS) is 11.9. The van der Waals surface area contributed by atoms with Crippen molar-refractivity contribution in [2.75, 3.05) is 0 Å². The fourth-order valence-electron chi connectivity index (χ4n) is 7.87. The topological polar surface area (TPSA) is 0 Å². The van der Waals surface area contributed by atoms with E-state index in [4.69, 9.17) is 0 Å². The fraction of sp³-hybridized carbons (Fsp3) is 0. The molecule has 0 saturated heterocycles. The SMILES string of the molecule is c1ccc2c(-c3ccc4ccc(-c5ccc6c(c5)c5ccccc5c5c7ccccc7c7ccccc7c65)cc4c3)cccc2c1. The third kappa shape index (κ3) is 3.68. The lowest BCUT2D eigenvalue weighted by atomic mass is 9.86. The largest absolute Gasteiger partial charge is 0.0616 e. The average Bonchev–Trinajstić information content (AvgIpc) is 3.13. The predicted molar refractivity (Wildman–Crippen MR) is 200 cm³/mol. The van der Waals surface area contributed by atoms with E-state index in [1.54, 1.807) is 0 Å². The van der Waals surface area contributed by atoms with Crippen LogP contribution < -0.4 is 0 Å². The smallest absolute Gasteiger partial charge is 0.00139 e. The summed E-state index contributed by atoms with van der Waals surface area (Å²) < 4.78 is 0. The molecule has 46 heavy (non-hydrogen) atoms. The second-order valence-corrected chi connectivity index (χ2v) is 12.5. The molecule has 0 radical (unpaired) electrons. The van der Waals surface area contributed by atoms with Gasteiger partial charge in [-0.05, 0) is 116 Å². The van der Waals surface area contributed by atoms with Crippen molar-refractivity contribution in [1.29, 1.82) is 0 Å². The number of fused-ring (bicyclic) bond motifs is 13.